The van der Waals surface area contributed by atoms with Gasteiger partial charge >= 0.3 is 0 Å². The predicted octanol–water partition coefficient (Wildman–Crippen LogP) is 5.67. The molecule has 0 bridgehead atoms. The van der Waals surface area contributed by atoms with Crippen molar-refractivity contribution in [1.82, 2.24) is 4.98 Å². The molecule has 0 N–H and O–H groups in total. The minimum Gasteiger partial charge on any atom is -0.493 e. The van der Waals surface area contributed by atoms with E-state index in [4.69, 9.17) is 16.3 Å². The monoisotopic (exact) mass is 364 g/mol. The summed E-state index contributed by atoms with van der Waals surface area (Å²) in [6.45, 7) is 2.74. The minimum absolute atomic E-state index is 0.608. The van der Waals surface area contributed by atoms with Crippen molar-refractivity contribution < 1.29 is 4.74 Å². The molecule has 3 aromatic rings. The molecule has 4 heteroatoms. The molecule has 132 valence electrons. The fraction of sp³-hybridized carbons (Fsp3) is 0.182. The van der Waals surface area contributed by atoms with E-state index in [1.165, 1.54) is 5.56 Å². The van der Waals surface area contributed by atoms with Crippen LogP contribution in [0.4, 0.5) is 5.69 Å². The molecule has 0 unspecified atom stereocenters. The van der Waals surface area contributed by atoms with Crippen molar-refractivity contribution in [3.05, 3.63) is 88.7 Å². The van der Waals surface area contributed by atoms with Crippen molar-refractivity contribution in [1.29, 1.82) is 0 Å². The van der Waals surface area contributed by atoms with Crippen LogP contribution in [-0.2, 0) is 12.8 Å². The molecule has 26 heavy (non-hydrogen) atoms. The Morgan fingerprint density at radius 2 is 1.77 bits per heavy atom. The molecule has 3 rings (SSSR count). The Balaban J connectivity index is 1.50. The summed E-state index contributed by atoms with van der Waals surface area (Å²) in [6, 6.07) is 19.5. The lowest BCUT2D eigenvalue weighted by Crippen LogP contribution is -2.03. The second-order valence-electron chi connectivity index (χ2n) is 5.91. The second kappa shape index (κ2) is 9.16. The van der Waals surface area contributed by atoms with Gasteiger partial charge in [-0.3, -0.25) is 9.98 Å². The first-order chi connectivity index (χ1) is 12.7. The van der Waals surface area contributed by atoms with Crippen LogP contribution in [0, 0.1) is 0 Å². The molecule has 0 aliphatic heterocycles. The van der Waals surface area contributed by atoms with Crippen LogP contribution >= 0.6 is 11.6 Å². The molecule has 1 aromatic heterocycles. The van der Waals surface area contributed by atoms with Gasteiger partial charge in [0.1, 0.15) is 5.75 Å². The molecule has 0 amide bonds. The number of hydrogen-bond donors (Lipinski definition) is 0. The molecular weight excluding hydrogens is 344 g/mol. The summed E-state index contributed by atoms with van der Waals surface area (Å²) in [5.74, 6) is 0.846. The maximum absolute atomic E-state index is 5.87. The van der Waals surface area contributed by atoms with Gasteiger partial charge in [-0.25, -0.2) is 0 Å². The summed E-state index contributed by atoms with van der Waals surface area (Å²) >= 11 is 5.87. The maximum Gasteiger partial charge on any atom is 0.119 e. The number of halogens is 1. The third-order valence-electron chi connectivity index (χ3n) is 3.99. The predicted molar refractivity (Wildman–Crippen MR) is 108 cm³/mol. The molecule has 0 saturated heterocycles. The van der Waals surface area contributed by atoms with Gasteiger partial charge in [0.05, 0.1) is 12.3 Å². The SMILES string of the molecule is CCc1ccc(CCOc2ccc(C=Nc3ccc(Cl)cc3)cc2)nc1. The molecule has 2 aromatic carbocycles. The molecule has 0 aliphatic carbocycles. The smallest absolute Gasteiger partial charge is 0.119 e. The summed E-state index contributed by atoms with van der Waals surface area (Å²) in [5.41, 5.74) is 4.19. The van der Waals surface area contributed by atoms with Crippen molar-refractivity contribution in [3.8, 4) is 5.75 Å². The van der Waals surface area contributed by atoms with Gasteiger partial charge in [-0.1, -0.05) is 24.6 Å². The highest BCUT2D eigenvalue weighted by molar-refractivity contribution is 6.30. The zero-order chi connectivity index (χ0) is 18.2. The summed E-state index contributed by atoms with van der Waals surface area (Å²) in [5, 5.41) is 0.710. The zero-order valence-electron chi connectivity index (χ0n) is 14.7. The Morgan fingerprint density at radius 1 is 1.00 bits per heavy atom. The number of aromatic nitrogens is 1. The van der Waals surface area contributed by atoms with Crippen LogP contribution in [0.15, 0.2) is 71.9 Å². The van der Waals surface area contributed by atoms with E-state index in [9.17, 15) is 0 Å². The molecule has 3 nitrogen and oxygen atoms in total. The fourth-order valence-electron chi connectivity index (χ4n) is 2.41. The molecular formula is C22H21ClN2O. The Hall–Kier alpha value is -2.65. The molecule has 0 fully saturated rings. The second-order valence-corrected chi connectivity index (χ2v) is 6.35. The largest absolute Gasteiger partial charge is 0.493 e. The first kappa shape index (κ1) is 18.2. The quantitative estimate of drug-likeness (QED) is 0.506. The molecule has 0 saturated carbocycles. The van der Waals surface area contributed by atoms with Crippen molar-refractivity contribution in [2.45, 2.75) is 19.8 Å². The summed E-state index contributed by atoms with van der Waals surface area (Å²) in [7, 11) is 0. The Morgan fingerprint density at radius 3 is 2.42 bits per heavy atom. The lowest BCUT2D eigenvalue weighted by molar-refractivity contribution is 0.320. The standard InChI is InChI=1S/C22H21ClN2O/c1-2-17-3-8-21(24-15-17)13-14-26-22-11-4-18(5-12-22)16-25-20-9-6-19(23)7-10-20/h3-12,15-16H,2,13-14H2,1H3. The molecule has 0 aliphatic rings. The van der Waals surface area contributed by atoms with Crippen LogP contribution in [-0.4, -0.2) is 17.8 Å². The van der Waals surface area contributed by atoms with Crippen LogP contribution in [0.2, 0.25) is 5.02 Å². The highest BCUT2D eigenvalue weighted by atomic mass is 35.5. The average Bonchev–Trinajstić information content (AvgIpc) is 2.69. The van der Waals surface area contributed by atoms with E-state index >= 15 is 0 Å². The van der Waals surface area contributed by atoms with Crippen molar-refractivity contribution in [2.75, 3.05) is 6.61 Å². The van der Waals surface area contributed by atoms with E-state index in [1.807, 2.05) is 60.9 Å². The Labute approximate surface area is 159 Å². The number of benzene rings is 2. The van der Waals surface area contributed by atoms with E-state index in [0.29, 0.717) is 11.6 Å². The number of aryl methyl sites for hydroxylation is 1. The molecule has 0 spiro atoms. The van der Waals surface area contributed by atoms with Crippen molar-refractivity contribution in [2.24, 2.45) is 4.99 Å². The van der Waals surface area contributed by atoms with E-state index < -0.39 is 0 Å². The number of pyridine rings is 1. The van der Waals surface area contributed by atoms with Crippen molar-refractivity contribution in [3.63, 3.8) is 0 Å². The minimum atomic E-state index is 0.608. The van der Waals surface area contributed by atoms with Crippen LogP contribution in [0.25, 0.3) is 0 Å². The summed E-state index contributed by atoms with van der Waals surface area (Å²) in [4.78, 5) is 8.88. The fourth-order valence-corrected chi connectivity index (χ4v) is 2.54. The Kier molecular flexibility index (Phi) is 6.39. The maximum atomic E-state index is 5.87. The van der Waals surface area contributed by atoms with Gasteiger partial charge in [0.15, 0.2) is 0 Å². The van der Waals surface area contributed by atoms with Crippen LogP contribution in [0.1, 0.15) is 23.7 Å². The normalized spacial score (nSPS) is 11.0. The first-order valence-corrected chi connectivity index (χ1v) is 9.07. The topological polar surface area (TPSA) is 34.5 Å². The van der Waals surface area contributed by atoms with E-state index in [1.54, 1.807) is 0 Å². The highest BCUT2D eigenvalue weighted by Gasteiger charge is 1.98. The molecule has 0 radical (unpaired) electrons. The molecule has 0 atom stereocenters. The first-order valence-electron chi connectivity index (χ1n) is 8.69. The van der Waals surface area contributed by atoms with Crippen molar-refractivity contribution >= 4 is 23.5 Å². The third kappa shape index (κ3) is 5.43. The third-order valence-corrected chi connectivity index (χ3v) is 4.24. The van der Waals surface area contributed by atoms with Crippen LogP contribution in [0.5, 0.6) is 5.75 Å². The van der Waals surface area contributed by atoms with Gasteiger partial charge in [0.2, 0.25) is 0 Å². The highest BCUT2D eigenvalue weighted by Crippen LogP contribution is 2.17. The van der Waals surface area contributed by atoms with Gasteiger partial charge in [-0.2, -0.15) is 0 Å². The van der Waals surface area contributed by atoms with Gasteiger partial charge in [0, 0.05) is 29.5 Å². The van der Waals surface area contributed by atoms with Gasteiger partial charge in [0.25, 0.3) is 0 Å². The van der Waals surface area contributed by atoms with E-state index in [2.05, 4.69) is 29.0 Å². The van der Waals surface area contributed by atoms with Gasteiger partial charge < -0.3 is 4.74 Å². The van der Waals surface area contributed by atoms with Gasteiger partial charge in [-0.05, 0) is 72.1 Å². The number of hydrogen-bond acceptors (Lipinski definition) is 3. The molecule has 1 heterocycles. The summed E-state index contributed by atoms with van der Waals surface area (Å²) in [6.07, 6.45) is 5.57. The lowest BCUT2D eigenvalue weighted by Gasteiger charge is -2.06. The van der Waals surface area contributed by atoms with Gasteiger partial charge in [-0.15, -0.1) is 0 Å². The van der Waals surface area contributed by atoms with E-state index in [0.717, 1.165) is 35.5 Å². The number of aliphatic imine (C=N–C) groups is 1. The number of rotatable bonds is 7. The summed E-state index contributed by atoms with van der Waals surface area (Å²) < 4.78 is 5.80. The van der Waals surface area contributed by atoms with Crippen LogP contribution in [0.3, 0.4) is 0 Å². The average molecular weight is 365 g/mol. The zero-order valence-corrected chi connectivity index (χ0v) is 15.5. The number of ether oxygens (including phenoxy) is 1. The Bertz CT molecular complexity index is 841. The number of nitrogens with zero attached hydrogens (tertiary/aromatic N) is 2. The van der Waals surface area contributed by atoms with E-state index in [-0.39, 0.29) is 0 Å². The lowest BCUT2D eigenvalue weighted by atomic mass is 10.2. The van der Waals surface area contributed by atoms with Crippen LogP contribution < -0.4 is 4.74 Å².